The number of aryl methyl sites for hydroxylation is 1. The van der Waals surface area contributed by atoms with Crippen molar-refractivity contribution in [3.05, 3.63) is 23.9 Å². The van der Waals surface area contributed by atoms with Crippen LogP contribution in [-0.2, 0) is 9.59 Å². The number of piperidine rings is 1. The van der Waals surface area contributed by atoms with E-state index in [1.807, 2.05) is 25.3 Å². The van der Waals surface area contributed by atoms with Gasteiger partial charge >= 0.3 is 5.97 Å². The molecule has 0 atom stereocenters. The molecular formula is C14H19N3O3. The van der Waals surface area contributed by atoms with Gasteiger partial charge in [0.2, 0.25) is 5.91 Å². The molecule has 0 saturated carbocycles. The van der Waals surface area contributed by atoms with Gasteiger partial charge in [-0.3, -0.25) is 9.59 Å². The number of hydrogen-bond acceptors (Lipinski definition) is 4. The summed E-state index contributed by atoms with van der Waals surface area (Å²) >= 11 is 0. The summed E-state index contributed by atoms with van der Waals surface area (Å²) < 4.78 is 0. The molecule has 2 rings (SSSR count). The maximum absolute atomic E-state index is 11.8. The second-order valence-electron chi connectivity index (χ2n) is 5.07. The lowest BCUT2D eigenvalue weighted by atomic mass is 9.96. The molecule has 0 unspecified atom stereocenters. The Morgan fingerprint density at radius 2 is 2.10 bits per heavy atom. The summed E-state index contributed by atoms with van der Waals surface area (Å²) in [5, 5.41) is 11.0. The van der Waals surface area contributed by atoms with Crippen LogP contribution in [-0.4, -0.2) is 41.6 Å². The monoisotopic (exact) mass is 277 g/mol. The van der Waals surface area contributed by atoms with Gasteiger partial charge in [0.1, 0.15) is 12.4 Å². The van der Waals surface area contributed by atoms with Crippen LogP contribution >= 0.6 is 0 Å². The van der Waals surface area contributed by atoms with E-state index in [1.54, 1.807) is 0 Å². The molecule has 0 bridgehead atoms. The summed E-state index contributed by atoms with van der Waals surface area (Å²) in [5.41, 5.74) is 1.12. The minimum absolute atomic E-state index is 0.101. The topological polar surface area (TPSA) is 82.5 Å². The Labute approximate surface area is 117 Å². The van der Waals surface area contributed by atoms with Gasteiger partial charge in [0.15, 0.2) is 0 Å². The lowest BCUT2D eigenvalue weighted by molar-refractivity contribution is -0.138. The highest BCUT2D eigenvalue weighted by atomic mass is 16.4. The van der Waals surface area contributed by atoms with Crippen LogP contribution < -0.4 is 10.2 Å². The molecule has 1 aromatic heterocycles. The predicted octanol–water partition coefficient (Wildman–Crippen LogP) is 0.807. The van der Waals surface area contributed by atoms with Gasteiger partial charge in [-0.1, -0.05) is 6.07 Å². The Morgan fingerprint density at radius 3 is 2.65 bits per heavy atom. The Balaban J connectivity index is 1.84. The van der Waals surface area contributed by atoms with Crippen LogP contribution in [0.15, 0.2) is 18.3 Å². The van der Waals surface area contributed by atoms with E-state index in [1.165, 1.54) is 0 Å². The Kier molecular flexibility index (Phi) is 4.55. The van der Waals surface area contributed by atoms with Crippen molar-refractivity contribution in [2.75, 3.05) is 24.5 Å². The first kappa shape index (κ1) is 14.3. The molecule has 6 heteroatoms. The SMILES string of the molecule is Cc1ccc(N2CCC(C(=O)NCC(=O)O)CC2)nc1. The predicted molar refractivity (Wildman–Crippen MR) is 74.6 cm³/mol. The molecule has 1 amide bonds. The molecule has 1 aromatic rings. The highest BCUT2D eigenvalue weighted by Crippen LogP contribution is 2.21. The third kappa shape index (κ3) is 3.69. The second kappa shape index (κ2) is 6.36. The van der Waals surface area contributed by atoms with Crippen molar-refractivity contribution in [3.8, 4) is 0 Å². The lowest BCUT2D eigenvalue weighted by Crippen LogP contribution is -2.42. The number of aliphatic carboxylic acids is 1. The average molecular weight is 277 g/mol. The van der Waals surface area contributed by atoms with E-state index < -0.39 is 5.97 Å². The van der Waals surface area contributed by atoms with Gasteiger partial charge in [-0.15, -0.1) is 0 Å². The molecule has 2 N–H and O–H groups in total. The van der Waals surface area contributed by atoms with Gasteiger partial charge in [-0.05, 0) is 31.4 Å². The Hall–Kier alpha value is -2.11. The largest absolute Gasteiger partial charge is 0.480 e. The number of anilines is 1. The van der Waals surface area contributed by atoms with E-state index in [-0.39, 0.29) is 18.4 Å². The van der Waals surface area contributed by atoms with Crippen LogP contribution in [0, 0.1) is 12.8 Å². The van der Waals surface area contributed by atoms with Crippen molar-refractivity contribution >= 4 is 17.7 Å². The van der Waals surface area contributed by atoms with E-state index in [0.29, 0.717) is 0 Å². The molecule has 0 aromatic carbocycles. The van der Waals surface area contributed by atoms with E-state index in [4.69, 9.17) is 5.11 Å². The van der Waals surface area contributed by atoms with Crippen LogP contribution in [0.1, 0.15) is 18.4 Å². The van der Waals surface area contributed by atoms with Crippen LogP contribution in [0.5, 0.6) is 0 Å². The summed E-state index contributed by atoms with van der Waals surface area (Å²) in [6, 6.07) is 4.01. The average Bonchev–Trinajstić information content (AvgIpc) is 2.46. The summed E-state index contributed by atoms with van der Waals surface area (Å²) in [5.74, 6) is -0.348. The molecule has 1 fully saturated rings. The normalized spacial score (nSPS) is 15.9. The van der Waals surface area contributed by atoms with E-state index in [0.717, 1.165) is 37.3 Å². The molecule has 1 saturated heterocycles. The third-order valence-electron chi connectivity index (χ3n) is 3.50. The summed E-state index contributed by atoms with van der Waals surface area (Å²) in [4.78, 5) is 28.7. The van der Waals surface area contributed by atoms with Gasteiger partial charge in [0.05, 0.1) is 0 Å². The molecule has 0 radical (unpaired) electrons. The van der Waals surface area contributed by atoms with Gasteiger partial charge in [0.25, 0.3) is 0 Å². The Bertz CT molecular complexity index is 479. The Morgan fingerprint density at radius 1 is 1.40 bits per heavy atom. The number of nitrogens with one attached hydrogen (secondary N) is 1. The van der Waals surface area contributed by atoms with Crippen LogP contribution in [0.3, 0.4) is 0 Å². The second-order valence-corrected chi connectivity index (χ2v) is 5.07. The molecule has 6 nitrogen and oxygen atoms in total. The van der Waals surface area contributed by atoms with Crippen LogP contribution in [0.2, 0.25) is 0 Å². The smallest absolute Gasteiger partial charge is 0.322 e. The number of carbonyl (C=O) groups is 2. The van der Waals surface area contributed by atoms with Crippen molar-refractivity contribution in [1.82, 2.24) is 10.3 Å². The zero-order valence-electron chi connectivity index (χ0n) is 11.5. The summed E-state index contributed by atoms with van der Waals surface area (Å²) in [7, 11) is 0. The van der Waals surface area contributed by atoms with E-state index in [2.05, 4.69) is 15.2 Å². The van der Waals surface area contributed by atoms with E-state index in [9.17, 15) is 9.59 Å². The fourth-order valence-electron chi connectivity index (χ4n) is 2.32. The van der Waals surface area contributed by atoms with Gasteiger partial charge in [-0.25, -0.2) is 4.98 Å². The lowest BCUT2D eigenvalue weighted by Gasteiger charge is -2.32. The van der Waals surface area contributed by atoms with Gasteiger partial charge in [0, 0.05) is 25.2 Å². The molecule has 2 heterocycles. The number of rotatable bonds is 4. The van der Waals surface area contributed by atoms with Crippen molar-refractivity contribution in [2.24, 2.45) is 5.92 Å². The van der Waals surface area contributed by atoms with Gasteiger partial charge in [-0.2, -0.15) is 0 Å². The highest BCUT2D eigenvalue weighted by Gasteiger charge is 2.25. The number of carboxylic acids is 1. The quantitative estimate of drug-likeness (QED) is 0.851. The first-order valence-electron chi connectivity index (χ1n) is 6.73. The number of nitrogens with zero attached hydrogens (tertiary/aromatic N) is 2. The van der Waals surface area contributed by atoms with E-state index >= 15 is 0 Å². The van der Waals surface area contributed by atoms with Crippen LogP contribution in [0.25, 0.3) is 0 Å². The first-order chi connectivity index (χ1) is 9.56. The minimum Gasteiger partial charge on any atom is -0.480 e. The summed E-state index contributed by atoms with van der Waals surface area (Å²) in [6.07, 6.45) is 3.28. The molecule has 0 spiro atoms. The van der Waals surface area contributed by atoms with Crippen molar-refractivity contribution in [1.29, 1.82) is 0 Å². The third-order valence-corrected chi connectivity index (χ3v) is 3.50. The molecule has 1 aliphatic heterocycles. The molecule has 0 aliphatic carbocycles. The first-order valence-corrected chi connectivity index (χ1v) is 6.73. The number of amides is 1. The van der Waals surface area contributed by atoms with Crippen molar-refractivity contribution in [3.63, 3.8) is 0 Å². The minimum atomic E-state index is -1.01. The molecule has 1 aliphatic rings. The standard InChI is InChI=1S/C14H19N3O3/c1-10-2-3-12(15-8-10)17-6-4-11(5-7-17)14(20)16-9-13(18)19/h2-3,8,11H,4-7,9H2,1H3,(H,16,20)(H,18,19). The molecular weight excluding hydrogens is 258 g/mol. The number of pyridine rings is 1. The number of aromatic nitrogens is 1. The maximum atomic E-state index is 11.8. The molecule has 108 valence electrons. The number of hydrogen-bond donors (Lipinski definition) is 2. The number of carbonyl (C=O) groups excluding carboxylic acids is 1. The van der Waals surface area contributed by atoms with Crippen LogP contribution in [0.4, 0.5) is 5.82 Å². The summed E-state index contributed by atoms with van der Waals surface area (Å²) in [6.45, 7) is 3.22. The van der Waals surface area contributed by atoms with Crippen molar-refractivity contribution in [2.45, 2.75) is 19.8 Å². The number of carboxylic acid groups (broad SMARTS) is 1. The highest BCUT2D eigenvalue weighted by molar-refractivity contribution is 5.83. The molecule has 20 heavy (non-hydrogen) atoms. The maximum Gasteiger partial charge on any atom is 0.322 e. The zero-order chi connectivity index (χ0) is 14.5. The van der Waals surface area contributed by atoms with Crippen molar-refractivity contribution < 1.29 is 14.7 Å². The fourth-order valence-corrected chi connectivity index (χ4v) is 2.32. The zero-order valence-corrected chi connectivity index (χ0v) is 11.5. The fraction of sp³-hybridized carbons (Fsp3) is 0.500. The van der Waals surface area contributed by atoms with Gasteiger partial charge < -0.3 is 15.3 Å².